The molecule has 0 fully saturated rings. The van der Waals surface area contributed by atoms with Crippen LogP contribution in [0.25, 0.3) is 32.3 Å². The van der Waals surface area contributed by atoms with E-state index in [1.54, 1.807) is 6.07 Å². The molecule has 0 unspecified atom stereocenters. The van der Waals surface area contributed by atoms with E-state index in [1.807, 2.05) is 6.07 Å². The van der Waals surface area contributed by atoms with Crippen LogP contribution in [0.1, 0.15) is 5.56 Å². The zero-order valence-corrected chi connectivity index (χ0v) is 11.2. The van der Waals surface area contributed by atoms with Crippen molar-refractivity contribution in [1.29, 1.82) is 0 Å². The van der Waals surface area contributed by atoms with E-state index in [1.165, 1.54) is 27.6 Å². The number of halogens is 1. The van der Waals surface area contributed by atoms with Gasteiger partial charge >= 0.3 is 0 Å². The summed E-state index contributed by atoms with van der Waals surface area (Å²) in [5, 5.41) is 7.00. The first-order valence-corrected chi connectivity index (χ1v) is 6.74. The molecule has 0 aliphatic carbocycles. The van der Waals surface area contributed by atoms with Crippen LogP contribution >= 0.6 is 0 Å². The number of aryl methyl sites for hydroxylation is 1. The third kappa shape index (κ3) is 1.53. The second kappa shape index (κ2) is 4.04. The van der Waals surface area contributed by atoms with Crippen LogP contribution in [0.3, 0.4) is 0 Å². The highest BCUT2D eigenvalue weighted by Crippen LogP contribution is 2.33. The van der Waals surface area contributed by atoms with Gasteiger partial charge in [-0.2, -0.15) is 0 Å². The molecule has 0 spiro atoms. The monoisotopic (exact) mass is 260 g/mol. The van der Waals surface area contributed by atoms with Gasteiger partial charge in [-0.05, 0) is 63.0 Å². The highest BCUT2D eigenvalue weighted by molar-refractivity contribution is 6.13. The Balaban J connectivity index is 2.28. The molecule has 0 amide bonds. The Morgan fingerprint density at radius 3 is 2.35 bits per heavy atom. The lowest BCUT2D eigenvalue weighted by molar-refractivity contribution is 0.629. The van der Waals surface area contributed by atoms with Crippen molar-refractivity contribution >= 4 is 32.3 Å². The molecule has 0 aromatic heterocycles. The van der Waals surface area contributed by atoms with Crippen molar-refractivity contribution in [3.05, 3.63) is 72.0 Å². The highest BCUT2D eigenvalue weighted by atomic mass is 19.1. The van der Waals surface area contributed by atoms with Crippen LogP contribution in [-0.2, 0) is 0 Å². The maximum Gasteiger partial charge on any atom is 0.123 e. The van der Waals surface area contributed by atoms with E-state index in [0.29, 0.717) is 0 Å². The first-order valence-electron chi connectivity index (χ1n) is 6.74. The molecule has 0 atom stereocenters. The average molecular weight is 260 g/mol. The van der Waals surface area contributed by atoms with Crippen molar-refractivity contribution in [1.82, 2.24) is 0 Å². The third-order valence-electron chi connectivity index (χ3n) is 4.09. The normalized spacial score (nSPS) is 11.5. The predicted octanol–water partition coefficient (Wildman–Crippen LogP) is 5.59. The molecule has 0 saturated carbocycles. The summed E-state index contributed by atoms with van der Waals surface area (Å²) in [7, 11) is 0. The molecule has 96 valence electrons. The maximum atomic E-state index is 13.5. The van der Waals surface area contributed by atoms with E-state index >= 15 is 0 Å². The summed E-state index contributed by atoms with van der Waals surface area (Å²) < 4.78 is 13.5. The molecular weight excluding hydrogens is 247 g/mol. The second-order valence-corrected chi connectivity index (χ2v) is 5.25. The molecule has 0 saturated heterocycles. The van der Waals surface area contributed by atoms with Crippen LogP contribution < -0.4 is 0 Å². The third-order valence-corrected chi connectivity index (χ3v) is 4.09. The number of hydrogen-bond acceptors (Lipinski definition) is 0. The highest BCUT2D eigenvalue weighted by Gasteiger charge is 2.07. The Morgan fingerprint density at radius 1 is 0.650 bits per heavy atom. The van der Waals surface area contributed by atoms with Crippen molar-refractivity contribution in [3.63, 3.8) is 0 Å². The minimum atomic E-state index is -0.180. The lowest BCUT2D eigenvalue weighted by atomic mass is 9.94. The fourth-order valence-corrected chi connectivity index (χ4v) is 3.06. The Morgan fingerprint density at radius 2 is 1.45 bits per heavy atom. The molecule has 20 heavy (non-hydrogen) atoms. The molecule has 1 heteroatoms. The summed E-state index contributed by atoms with van der Waals surface area (Å²) in [6.07, 6.45) is 0. The minimum absolute atomic E-state index is 0.180. The molecular formula is C19H13F. The number of rotatable bonds is 0. The van der Waals surface area contributed by atoms with Crippen molar-refractivity contribution in [2.24, 2.45) is 0 Å². The maximum absolute atomic E-state index is 13.5. The summed E-state index contributed by atoms with van der Waals surface area (Å²) in [5.41, 5.74) is 1.14. The molecule has 4 aromatic carbocycles. The van der Waals surface area contributed by atoms with Crippen molar-refractivity contribution in [3.8, 4) is 0 Å². The average Bonchev–Trinajstić information content (AvgIpc) is 2.48. The van der Waals surface area contributed by atoms with Crippen LogP contribution in [0.2, 0.25) is 0 Å². The first kappa shape index (κ1) is 11.4. The topological polar surface area (TPSA) is 0 Å². The summed E-state index contributed by atoms with van der Waals surface area (Å²) >= 11 is 0. The van der Waals surface area contributed by atoms with Crippen LogP contribution in [0.5, 0.6) is 0 Å². The van der Waals surface area contributed by atoms with Gasteiger partial charge in [-0.15, -0.1) is 0 Å². The van der Waals surface area contributed by atoms with Crippen molar-refractivity contribution < 1.29 is 4.39 Å². The Kier molecular flexibility index (Phi) is 2.31. The van der Waals surface area contributed by atoms with Crippen LogP contribution in [0.4, 0.5) is 4.39 Å². The second-order valence-electron chi connectivity index (χ2n) is 5.25. The van der Waals surface area contributed by atoms with Gasteiger partial charge in [-0.1, -0.05) is 42.5 Å². The number of hydrogen-bond donors (Lipinski definition) is 0. The van der Waals surface area contributed by atoms with Gasteiger partial charge in [0.05, 0.1) is 0 Å². The van der Waals surface area contributed by atoms with Gasteiger partial charge in [0.1, 0.15) is 5.82 Å². The molecule has 4 aromatic rings. The zero-order chi connectivity index (χ0) is 13.7. The van der Waals surface area contributed by atoms with Gasteiger partial charge in [-0.3, -0.25) is 0 Å². The summed E-state index contributed by atoms with van der Waals surface area (Å²) in [4.78, 5) is 0. The SMILES string of the molecule is Cc1c2cc(F)ccc2cc2c1ccc1ccccc12. The van der Waals surface area contributed by atoms with Gasteiger partial charge in [0, 0.05) is 0 Å². The minimum Gasteiger partial charge on any atom is -0.207 e. The van der Waals surface area contributed by atoms with E-state index in [0.717, 1.165) is 16.3 Å². The quantitative estimate of drug-likeness (QED) is 0.285. The van der Waals surface area contributed by atoms with E-state index in [9.17, 15) is 4.39 Å². The number of benzene rings is 4. The van der Waals surface area contributed by atoms with Gasteiger partial charge in [-0.25, -0.2) is 4.39 Å². The van der Waals surface area contributed by atoms with Crippen LogP contribution in [-0.4, -0.2) is 0 Å². The van der Waals surface area contributed by atoms with Crippen molar-refractivity contribution in [2.75, 3.05) is 0 Å². The molecule has 4 rings (SSSR count). The Bertz CT molecular complexity index is 967. The summed E-state index contributed by atoms with van der Waals surface area (Å²) in [6.45, 7) is 2.07. The van der Waals surface area contributed by atoms with E-state index in [-0.39, 0.29) is 5.82 Å². The molecule has 0 aliphatic heterocycles. The molecule has 0 N–H and O–H groups in total. The van der Waals surface area contributed by atoms with E-state index in [4.69, 9.17) is 0 Å². The summed E-state index contributed by atoms with van der Waals surface area (Å²) in [6, 6.07) is 19.8. The Hall–Kier alpha value is -2.41. The van der Waals surface area contributed by atoms with Crippen molar-refractivity contribution in [2.45, 2.75) is 6.92 Å². The van der Waals surface area contributed by atoms with E-state index < -0.39 is 0 Å². The standard InChI is InChI=1S/C19H13F/c1-12-16-9-7-13-4-2-3-5-17(13)19(16)10-14-6-8-15(20)11-18(12)14/h2-11H,1H3. The van der Waals surface area contributed by atoms with Crippen LogP contribution in [0.15, 0.2) is 60.7 Å². The van der Waals surface area contributed by atoms with Gasteiger partial charge in [0.15, 0.2) is 0 Å². The molecule has 0 radical (unpaired) electrons. The zero-order valence-electron chi connectivity index (χ0n) is 11.2. The fourth-order valence-electron chi connectivity index (χ4n) is 3.06. The van der Waals surface area contributed by atoms with Gasteiger partial charge in [0.2, 0.25) is 0 Å². The van der Waals surface area contributed by atoms with Gasteiger partial charge < -0.3 is 0 Å². The summed E-state index contributed by atoms with van der Waals surface area (Å²) in [5.74, 6) is -0.180. The Labute approximate surface area is 116 Å². The fraction of sp³-hybridized carbons (Fsp3) is 0.0526. The molecule has 0 aliphatic rings. The smallest absolute Gasteiger partial charge is 0.123 e. The predicted molar refractivity (Wildman–Crippen MR) is 83.7 cm³/mol. The van der Waals surface area contributed by atoms with Gasteiger partial charge in [0.25, 0.3) is 0 Å². The lowest BCUT2D eigenvalue weighted by Crippen LogP contribution is -1.86. The number of fused-ring (bicyclic) bond motifs is 4. The van der Waals surface area contributed by atoms with E-state index in [2.05, 4.69) is 49.4 Å². The lowest BCUT2D eigenvalue weighted by Gasteiger charge is -2.10. The first-order chi connectivity index (χ1) is 9.74. The molecule has 0 heterocycles. The largest absolute Gasteiger partial charge is 0.207 e. The van der Waals surface area contributed by atoms with Crippen LogP contribution in [0, 0.1) is 12.7 Å². The molecule has 0 nitrogen and oxygen atoms in total. The molecule has 0 bridgehead atoms.